The topological polar surface area (TPSA) is 109 Å². The van der Waals surface area contributed by atoms with Gasteiger partial charge in [-0.2, -0.15) is 0 Å². The van der Waals surface area contributed by atoms with Crippen molar-refractivity contribution in [3.63, 3.8) is 0 Å². The Morgan fingerprint density at radius 2 is 1.77 bits per heavy atom. The van der Waals surface area contributed by atoms with Crippen LogP contribution in [0.3, 0.4) is 0 Å². The maximum absolute atomic E-state index is 10.4. The average Bonchev–Trinajstić information content (AvgIpc) is 3.31. The molecule has 8 rings (SSSR count). The molecule has 3 saturated heterocycles. The predicted octanol–water partition coefficient (Wildman–Crippen LogP) is 3.12. The number of hydrogen-bond donors (Lipinski definition) is 3. The Labute approximate surface area is 233 Å². The van der Waals surface area contributed by atoms with Crippen molar-refractivity contribution in [2.45, 2.75) is 38.3 Å². The van der Waals surface area contributed by atoms with Gasteiger partial charge >= 0.3 is 0 Å². The predicted molar refractivity (Wildman–Crippen MR) is 155 cm³/mol. The normalized spacial score (nSPS) is 22.8. The van der Waals surface area contributed by atoms with Gasteiger partial charge in [0, 0.05) is 85.9 Å². The summed E-state index contributed by atoms with van der Waals surface area (Å²) in [6.07, 6.45) is 7.28. The fourth-order valence-electron chi connectivity index (χ4n) is 7.30. The Morgan fingerprint density at radius 3 is 2.50 bits per heavy atom. The number of para-hydroxylation sites is 1. The second-order valence-corrected chi connectivity index (χ2v) is 12.1. The average molecular weight is 538 g/mol. The van der Waals surface area contributed by atoms with Crippen LogP contribution in [0.25, 0.3) is 22.3 Å². The van der Waals surface area contributed by atoms with Crippen LogP contribution in [0.4, 0.5) is 11.6 Å². The number of H-pyrrole nitrogens is 1. The van der Waals surface area contributed by atoms with Gasteiger partial charge in [0.2, 0.25) is 5.95 Å². The summed E-state index contributed by atoms with van der Waals surface area (Å²) in [5, 5.41) is 23.7. The minimum Gasteiger partial charge on any atom is -0.507 e. The van der Waals surface area contributed by atoms with Gasteiger partial charge in [-0.25, -0.2) is 9.97 Å². The smallest absolute Gasteiger partial charge is 0.225 e. The number of benzene rings is 1. The first-order valence-electron chi connectivity index (χ1n) is 14.5. The van der Waals surface area contributed by atoms with Crippen LogP contribution in [0.15, 0.2) is 42.7 Å². The number of aromatic amines is 1. The van der Waals surface area contributed by atoms with Crippen LogP contribution in [-0.2, 0) is 6.42 Å². The molecule has 4 aliphatic heterocycles. The molecule has 0 unspecified atom stereocenters. The van der Waals surface area contributed by atoms with Gasteiger partial charge < -0.3 is 25.2 Å². The fourth-order valence-corrected chi connectivity index (χ4v) is 7.30. The Hall–Kier alpha value is -3.76. The number of nitrogens with one attached hydrogen (secondary N) is 2. The first-order chi connectivity index (χ1) is 19.6. The molecule has 0 amide bonds. The Kier molecular flexibility index (Phi) is 5.50. The molecule has 10 heteroatoms. The molecular formula is C30H35N9O. The largest absolute Gasteiger partial charge is 0.507 e. The van der Waals surface area contributed by atoms with Crippen LogP contribution >= 0.6 is 0 Å². The molecule has 10 nitrogen and oxygen atoms in total. The quantitative estimate of drug-likeness (QED) is 0.362. The van der Waals surface area contributed by atoms with E-state index in [2.05, 4.69) is 42.1 Å². The monoisotopic (exact) mass is 537 g/mol. The SMILES string of the molecule is C[C@@H]1c2c([nH]c3nnc(-c4ccccc4O)cc23)CCN1c1ncc(N2CCC(N3CC4(CNC4)C3)CC2)cn1. The minimum atomic E-state index is 0.0752. The molecule has 4 aliphatic rings. The number of piperidine rings is 1. The van der Waals surface area contributed by atoms with E-state index in [1.54, 1.807) is 6.07 Å². The molecule has 7 heterocycles. The highest BCUT2D eigenvalue weighted by atomic mass is 16.3. The van der Waals surface area contributed by atoms with Gasteiger partial charge in [0.1, 0.15) is 5.75 Å². The lowest BCUT2D eigenvalue weighted by atomic mass is 9.73. The van der Waals surface area contributed by atoms with E-state index in [9.17, 15) is 5.11 Å². The molecule has 3 N–H and O–H groups in total. The summed E-state index contributed by atoms with van der Waals surface area (Å²) < 4.78 is 0. The van der Waals surface area contributed by atoms with E-state index in [1.165, 1.54) is 50.3 Å². The summed E-state index contributed by atoms with van der Waals surface area (Å²) in [6.45, 7) is 10.1. The van der Waals surface area contributed by atoms with E-state index >= 15 is 0 Å². The van der Waals surface area contributed by atoms with Gasteiger partial charge in [0.05, 0.1) is 29.8 Å². The van der Waals surface area contributed by atoms with E-state index in [1.807, 2.05) is 36.7 Å². The van der Waals surface area contributed by atoms with Gasteiger partial charge in [-0.1, -0.05) is 12.1 Å². The van der Waals surface area contributed by atoms with Crippen LogP contribution in [-0.4, -0.2) is 87.0 Å². The number of anilines is 2. The van der Waals surface area contributed by atoms with Crippen LogP contribution in [0, 0.1) is 5.41 Å². The van der Waals surface area contributed by atoms with Crippen molar-refractivity contribution in [3.05, 3.63) is 54.0 Å². The lowest BCUT2D eigenvalue weighted by molar-refractivity contribution is -0.0694. The molecule has 0 saturated carbocycles. The molecule has 0 aliphatic carbocycles. The summed E-state index contributed by atoms with van der Waals surface area (Å²) in [5.41, 5.74) is 6.22. The first kappa shape index (κ1) is 24.1. The summed E-state index contributed by atoms with van der Waals surface area (Å²) in [7, 11) is 0. The van der Waals surface area contributed by atoms with E-state index in [4.69, 9.17) is 9.97 Å². The maximum Gasteiger partial charge on any atom is 0.225 e. The summed E-state index contributed by atoms with van der Waals surface area (Å²) >= 11 is 0. The van der Waals surface area contributed by atoms with Crippen LogP contribution in [0.5, 0.6) is 5.75 Å². The summed E-state index contributed by atoms with van der Waals surface area (Å²) in [4.78, 5) is 20.6. The van der Waals surface area contributed by atoms with Crippen molar-refractivity contribution >= 4 is 22.7 Å². The van der Waals surface area contributed by atoms with Gasteiger partial charge in [-0.15, -0.1) is 10.2 Å². The van der Waals surface area contributed by atoms with Gasteiger partial charge in [0.25, 0.3) is 0 Å². The van der Waals surface area contributed by atoms with Crippen molar-refractivity contribution in [2.75, 3.05) is 55.6 Å². The molecule has 206 valence electrons. The van der Waals surface area contributed by atoms with Crippen molar-refractivity contribution in [1.82, 2.24) is 35.4 Å². The summed E-state index contributed by atoms with van der Waals surface area (Å²) in [5.74, 6) is 0.960. The molecule has 3 aromatic heterocycles. The van der Waals surface area contributed by atoms with Crippen LogP contribution < -0.4 is 15.1 Å². The molecule has 0 radical (unpaired) electrons. The Morgan fingerprint density at radius 1 is 1.00 bits per heavy atom. The molecule has 0 bridgehead atoms. The zero-order chi connectivity index (χ0) is 26.8. The number of rotatable bonds is 4. The zero-order valence-corrected chi connectivity index (χ0v) is 22.8. The lowest BCUT2D eigenvalue weighted by Crippen LogP contribution is -2.73. The number of phenols is 1. The Balaban J connectivity index is 0.980. The number of phenolic OH excluding ortho intramolecular Hbond substituents is 1. The third-order valence-electron chi connectivity index (χ3n) is 9.65. The third kappa shape index (κ3) is 3.84. The lowest BCUT2D eigenvalue weighted by Gasteiger charge is -2.59. The molecule has 3 fully saturated rings. The molecular weight excluding hydrogens is 502 g/mol. The standard InChI is InChI=1S/C30H35N9O/c1-19-27-23-12-25(22-4-2-3-5-26(22)40)35-36-28(23)34-24(27)8-11-39(19)29-32-13-21(14-33-29)37-9-6-20(7-10-37)38-17-30(18-38)15-31-16-30/h2-5,12-14,19-20,31,40H,6-11,15-18H2,1H3,(H,34,36)/t19-/m1/s1. The van der Waals surface area contributed by atoms with Crippen molar-refractivity contribution in [1.29, 1.82) is 0 Å². The van der Waals surface area contributed by atoms with E-state index in [-0.39, 0.29) is 11.8 Å². The second-order valence-electron chi connectivity index (χ2n) is 12.1. The number of nitrogens with zero attached hydrogens (tertiary/aromatic N) is 7. The Bertz CT molecular complexity index is 1550. The minimum absolute atomic E-state index is 0.0752. The number of aromatic nitrogens is 5. The van der Waals surface area contributed by atoms with Crippen molar-refractivity contribution in [3.8, 4) is 17.0 Å². The highest BCUT2D eigenvalue weighted by molar-refractivity contribution is 5.86. The van der Waals surface area contributed by atoms with Crippen LogP contribution in [0.1, 0.15) is 37.1 Å². The number of aromatic hydroxyl groups is 1. The van der Waals surface area contributed by atoms with Crippen molar-refractivity contribution in [2.24, 2.45) is 5.41 Å². The number of likely N-dealkylation sites (tertiary alicyclic amines) is 1. The fraction of sp³-hybridized carbons (Fsp3) is 0.467. The highest BCUT2D eigenvalue weighted by Gasteiger charge is 2.49. The molecule has 4 aromatic rings. The number of hydrogen-bond acceptors (Lipinski definition) is 9. The first-order valence-corrected chi connectivity index (χ1v) is 14.5. The number of fused-ring (bicyclic) bond motifs is 3. The van der Waals surface area contributed by atoms with Gasteiger partial charge in [0.15, 0.2) is 5.65 Å². The van der Waals surface area contributed by atoms with E-state index < -0.39 is 0 Å². The van der Waals surface area contributed by atoms with E-state index in [0.717, 1.165) is 54.8 Å². The molecule has 1 spiro atoms. The molecule has 1 atom stereocenters. The maximum atomic E-state index is 10.4. The van der Waals surface area contributed by atoms with E-state index in [0.29, 0.717) is 16.7 Å². The van der Waals surface area contributed by atoms with Crippen molar-refractivity contribution < 1.29 is 5.11 Å². The molecule has 1 aromatic carbocycles. The zero-order valence-electron chi connectivity index (χ0n) is 22.8. The van der Waals surface area contributed by atoms with Gasteiger partial charge in [-0.3, -0.25) is 4.90 Å². The highest BCUT2D eigenvalue weighted by Crippen LogP contribution is 2.39. The summed E-state index contributed by atoms with van der Waals surface area (Å²) in [6, 6.07) is 10.1. The second kappa shape index (κ2) is 9.14. The third-order valence-corrected chi connectivity index (χ3v) is 9.65. The van der Waals surface area contributed by atoms with Crippen LogP contribution in [0.2, 0.25) is 0 Å². The van der Waals surface area contributed by atoms with Gasteiger partial charge in [-0.05, 0) is 38.0 Å². The molecule has 40 heavy (non-hydrogen) atoms.